The van der Waals surface area contributed by atoms with E-state index < -0.39 is 11.6 Å². The highest BCUT2D eigenvalue weighted by atomic mass is 16.7. The van der Waals surface area contributed by atoms with E-state index in [1.165, 1.54) is 14.0 Å². The van der Waals surface area contributed by atoms with Crippen LogP contribution in [0.4, 0.5) is 0 Å². The number of carboxylic acid groups (broad SMARTS) is 1. The number of carboxylic acids is 1. The molecule has 0 amide bonds. The lowest BCUT2D eigenvalue weighted by molar-refractivity contribution is -0.160. The summed E-state index contributed by atoms with van der Waals surface area (Å²) in [6, 6.07) is 5.28. The Morgan fingerprint density at radius 1 is 1.37 bits per heavy atom. The zero-order valence-corrected chi connectivity index (χ0v) is 11.0. The van der Waals surface area contributed by atoms with E-state index in [0.29, 0.717) is 17.2 Å². The maximum atomic E-state index is 11.1. The molecule has 1 heterocycles. The Labute approximate surface area is 110 Å². The van der Waals surface area contributed by atoms with E-state index in [4.69, 9.17) is 19.4 Å². The van der Waals surface area contributed by atoms with E-state index in [1.807, 2.05) is 0 Å². The summed E-state index contributed by atoms with van der Waals surface area (Å²) in [4.78, 5) is 16.1. The number of oxime groups is 1. The van der Waals surface area contributed by atoms with Gasteiger partial charge >= 0.3 is 5.97 Å². The minimum absolute atomic E-state index is 0.206. The SMILES string of the molecule is COc1ccc(C2=NO[C@](C)(C(=O)O)C2)cc1OC. The van der Waals surface area contributed by atoms with Gasteiger partial charge in [0.2, 0.25) is 5.60 Å². The molecule has 102 valence electrons. The second-order valence-corrected chi connectivity index (χ2v) is 4.41. The Balaban J connectivity index is 2.27. The number of nitrogens with zero attached hydrogens (tertiary/aromatic N) is 1. The quantitative estimate of drug-likeness (QED) is 0.896. The number of ether oxygens (including phenoxy) is 2. The highest BCUT2D eigenvalue weighted by Gasteiger charge is 2.42. The van der Waals surface area contributed by atoms with Gasteiger partial charge in [-0.1, -0.05) is 5.16 Å². The lowest BCUT2D eigenvalue weighted by atomic mass is 9.96. The molecule has 6 nitrogen and oxygen atoms in total. The molecule has 6 heteroatoms. The predicted octanol–water partition coefficient (Wildman–Crippen LogP) is 1.67. The van der Waals surface area contributed by atoms with Gasteiger partial charge in [0.15, 0.2) is 11.5 Å². The normalized spacial score (nSPS) is 21.5. The Hall–Kier alpha value is -2.24. The molecule has 0 spiro atoms. The molecule has 0 radical (unpaired) electrons. The Kier molecular flexibility index (Phi) is 3.33. The second kappa shape index (κ2) is 4.79. The van der Waals surface area contributed by atoms with Crippen molar-refractivity contribution >= 4 is 11.7 Å². The predicted molar refractivity (Wildman–Crippen MR) is 67.8 cm³/mol. The molecule has 0 bridgehead atoms. The summed E-state index contributed by atoms with van der Waals surface area (Å²) in [5.74, 6) is 0.130. The monoisotopic (exact) mass is 265 g/mol. The van der Waals surface area contributed by atoms with Gasteiger partial charge in [0.1, 0.15) is 0 Å². The minimum atomic E-state index is -1.30. The number of carbonyl (C=O) groups is 1. The van der Waals surface area contributed by atoms with Crippen LogP contribution in [0.3, 0.4) is 0 Å². The molecular weight excluding hydrogens is 250 g/mol. The molecule has 0 unspecified atom stereocenters. The lowest BCUT2D eigenvalue weighted by Crippen LogP contribution is -2.35. The van der Waals surface area contributed by atoms with Crippen molar-refractivity contribution < 1.29 is 24.2 Å². The maximum absolute atomic E-state index is 11.1. The summed E-state index contributed by atoms with van der Waals surface area (Å²) < 4.78 is 10.3. The molecule has 1 N–H and O–H groups in total. The molecule has 1 aliphatic rings. The smallest absolute Gasteiger partial charge is 0.351 e. The molecule has 0 saturated carbocycles. The van der Waals surface area contributed by atoms with Crippen molar-refractivity contribution in [3.05, 3.63) is 23.8 Å². The summed E-state index contributed by atoms with van der Waals surface area (Å²) in [5.41, 5.74) is 0.0242. The van der Waals surface area contributed by atoms with Crippen molar-refractivity contribution in [2.45, 2.75) is 18.9 Å². The second-order valence-electron chi connectivity index (χ2n) is 4.41. The fourth-order valence-corrected chi connectivity index (χ4v) is 1.83. The summed E-state index contributed by atoms with van der Waals surface area (Å²) in [6.07, 6.45) is 0.206. The van der Waals surface area contributed by atoms with Crippen LogP contribution >= 0.6 is 0 Å². The summed E-state index contributed by atoms with van der Waals surface area (Å²) in [6.45, 7) is 1.49. The molecule has 0 saturated heterocycles. The fraction of sp³-hybridized carbons (Fsp3) is 0.385. The fourth-order valence-electron chi connectivity index (χ4n) is 1.83. The Morgan fingerprint density at radius 3 is 2.58 bits per heavy atom. The van der Waals surface area contributed by atoms with E-state index in [9.17, 15) is 4.79 Å². The van der Waals surface area contributed by atoms with Crippen LogP contribution in [0.2, 0.25) is 0 Å². The van der Waals surface area contributed by atoms with Crippen molar-refractivity contribution in [3.8, 4) is 11.5 Å². The van der Waals surface area contributed by atoms with E-state index in [-0.39, 0.29) is 6.42 Å². The van der Waals surface area contributed by atoms with Gasteiger partial charge in [-0.15, -0.1) is 0 Å². The molecule has 0 fully saturated rings. The van der Waals surface area contributed by atoms with Crippen LogP contribution in [0.15, 0.2) is 23.4 Å². The van der Waals surface area contributed by atoms with Crippen LogP contribution in [-0.4, -0.2) is 36.6 Å². The lowest BCUT2D eigenvalue weighted by Gasteiger charge is -2.14. The standard InChI is InChI=1S/C13H15NO5/c1-13(12(15)16)7-9(14-19-13)8-4-5-10(17-2)11(6-8)18-3/h4-6H,7H2,1-3H3,(H,15,16)/t13-/m0/s1. The Bertz CT molecular complexity index is 540. The van der Waals surface area contributed by atoms with Crippen LogP contribution in [0.25, 0.3) is 0 Å². The van der Waals surface area contributed by atoms with Crippen LogP contribution < -0.4 is 9.47 Å². The van der Waals surface area contributed by atoms with Gasteiger partial charge in [-0.2, -0.15) is 0 Å². The van der Waals surface area contributed by atoms with Gasteiger partial charge in [-0.3, -0.25) is 0 Å². The van der Waals surface area contributed by atoms with E-state index in [2.05, 4.69) is 5.16 Å². The van der Waals surface area contributed by atoms with Gasteiger partial charge in [0.25, 0.3) is 0 Å². The van der Waals surface area contributed by atoms with Crippen LogP contribution in [-0.2, 0) is 9.63 Å². The van der Waals surface area contributed by atoms with Crippen molar-refractivity contribution in [2.75, 3.05) is 14.2 Å². The summed E-state index contributed by atoms with van der Waals surface area (Å²) >= 11 is 0. The van der Waals surface area contributed by atoms with Crippen LogP contribution in [0.5, 0.6) is 11.5 Å². The van der Waals surface area contributed by atoms with Gasteiger partial charge < -0.3 is 19.4 Å². The van der Waals surface area contributed by atoms with Crippen molar-refractivity contribution in [3.63, 3.8) is 0 Å². The topological polar surface area (TPSA) is 77.4 Å². The number of aliphatic carboxylic acids is 1. The third kappa shape index (κ3) is 2.33. The zero-order chi connectivity index (χ0) is 14.0. The third-order valence-corrected chi connectivity index (χ3v) is 3.03. The summed E-state index contributed by atoms with van der Waals surface area (Å²) in [5, 5.41) is 12.9. The third-order valence-electron chi connectivity index (χ3n) is 3.03. The number of hydrogen-bond acceptors (Lipinski definition) is 5. The first-order valence-corrected chi connectivity index (χ1v) is 5.71. The first-order chi connectivity index (χ1) is 9.00. The van der Waals surface area contributed by atoms with Crippen molar-refractivity contribution in [1.82, 2.24) is 0 Å². The van der Waals surface area contributed by atoms with E-state index in [0.717, 1.165) is 5.56 Å². The van der Waals surface area contributed by atoms with Crippen molar-refractivity contribution in [2.24, 2.45) is 5.16 Å². The Morgan fingerprint density at radius 2 is 2.05 bits per heavy atom. The first-order valence-electron chi connectivity index (χ1n) is 5.71. The largest absolute Gasteiger partial charge is 0.493 e. The van der Waals surface area contributed by atoms with E-state index in [1.54, 1.807) is 25.3 Å². The molecule has 1 atom stereocenters. The molecule has 0 aromatic heterocycles. The highest BCUT2D eigenvalue weighted by Crippen LogP contribution is 2.32. The number of rotatable bonds is 4. The van der Waals surface area contributed by atoms with Crippen LogP contribution in [0, 0.1) is 0 Å². The number of methoxy groups -OCH3 is 2. The average molecular weight is 265 g/mol. The molecule has 19 heavy (non-hydrogen) atoms. The average Bonchev–Trinajstić information content (AvgIpc) is 2.82. The van der Waals surface area contributed by atoms with Crippen LogP contribution in [0.1, 0.15) is 18.9 Å². The molecule has 2 rings (SSSR count). The molecule has 1 aliphatic heterocycles. The molecular formula is C13H15NO5. The highest BCUT2D eigenvalue weighted by molar-refractivity contribution is 6.04. The number of benzene rings is 1. The van der Waals surface area contributed by atoms with E-state index >= 15 is 0 Å². The van der Waals surface area contributed by atoms with Crippen molar-refractivity contribution in [1.29, 1.82) is 0 Å². The van der Waals surface area contributed by atoms with Gasteiger partial charge in [-0.05, 0) is 25.1 Å². The van der Waals surface area contributed by atoms with Gasteiger partial charge in [0.05, 0.1) is 19.9 Å². The molecule has 1 aromatic carbocycles. The van der Waals surface area contributed by atoms with Gasteiger partial charge in [-0.25, -0.2) is 4.79 Å². The minimum Gasteiger partial charge on any atom is -0.493 e. The molecule has 0 aliphatic carbocycles. The zero-order valence-electron chi connectivity index (χ0n) is 11.0. The summed E-state index contributed by atoms with van der Waals surface area (Å²) in [7, 11) is 3.09. The molecule has 1 aromatic rings. The number of hydrogen-bond donors (Lipinski definition) is 1. The maximum Gasteiger partial charge on any atom is 0.351 e. The first kappa shape index (κ1) is 13.2. The van der Waals surface area contributed by atoms with Gasteiger partial charge in [0, 0.05) is 12.0 Å².